The largest absolute Gasteiger partial charge is 0.493 e. The van der Waals surface area contributed by atoms with E-state index in [2.05, 4.69) is 37.1 Å². The van der Waals surface area contributed by atoms with Gasteiger partial charge in [-0.05, 0) is 83.2 Å². The molecule has 4 aliphatic rings. The molecule has 2 aliphatic heterocycles. The van der Waals surface area contributed by atoms with Gasteiger partial charge in [0, 0.05) is 24.4 Å². The molecule has 5 atom stereocenters. The second kappa shape index (κ2) is 19.3. The van der Waals surface area contributed by atoms with E-state index in [0.717, 1.165) is 49.8 Å². The van der Waals surface area contributed by atoms with Crippen LogP contribution >= 0.6 is 0 Å². The Balaban J connectivity index is 0.000000964. The van der Waals surface area contributed by atoms with E-state index in [-0.39, 0.29) is 18.4 Å². The zero-order valence-corrected chi connectivity index (χ0v) is 31.8. The number of hydrogen-bond acceptors (Lipinski definition) is 9. The third-order valence-electron chi connectivity index (χ3n) is 11.2. The summed E-state index contributed by atoms with van der Waals surface area (Å²) < 4.78 is 54.9. The standard InChI is InChI=1S/C39H57NO7.C2HF3O/c1-5-6-7-8-9-10-11-12-13-14-15-16-17-18-19-20-33(41)45-28(2)37(42)46-31-23-24-39(43)32-27-29-21-22-30(44-4)35-34(29)38(39,36(31)47-35)25-26-40(32)3;3-2(4,5)1-6/h12-13,21-23,28,32,36,43H,5-11,14-20,24-27H2,1-4H3;1H/b13-12-;/t28-,32+,36-,38-,39+;/m0./s1. The molecule has 0 saturated carbocycles. The van der Waals surface area contributed by atoms with E-state index in [1.165, 1.54) is 51.4 Å². The van der Waals surface area contributed by atoms with E-state index in [0.29, 0.717) is 36.5 Å². The summed E-state index contributed by atoms with van der Waals surface area (Å²) >= 11 is 0. The molecule has 1 aromatic carbocycles. The molecular formula is C41H58F3NO8. The number of piperidine rings is 1. The van der Waals surface area contributed by atoms with Crippen LogP contribution in [0.15, 0.2) is 36.1 Å². The first kappa shape index (κ1) is 42.4. The number of ether oxygens (including phenoxy) is 4. The van der Waals surface area contributed by atoms with Crippen molar-refractivity contribution >= 4 is 18.2 Å². The Morgan fingerprint density at radius 2 is 1.66 bits per heavy atom. The molecule has 9 nitrogen and oxygen atoms in total. The SMILES string of the molecule is CCCCCCCC/C=C\CCCCCCCC(=O)O[C@@H](C)C(=O)OC1=CC[C@@]2(O)[C@H]3Cc4ccc(OC)c5c4[C@@]2(CCN3C)[C@H]1O5.O=CC(F)(F)F. The first-order valence-electron chi connectivity index (χ1n) is 19.4. The number of methoxy groups -OCH3 is 1. The molecule has 1 N–H and O–H groups in total. The maximum absolute atomic E-state index is 13.2. The topological polar surface area (TPSA) is 112 Å². The third kappa shape index (κ3) is 10.0. The second-order valence-corrected chi connectivity index (χ2v) is 14.8. The molecular weight excluding hydrogens is 691 g/mol. The lowest BCUT2D eigenvalue weighted by Gasteiger charge is -2.61. The molecule has 1 aromatic rings. The third-order valence-corrected chi connectivity index (χ3v) is 11.2. The molecule has 2 aliphatic carbocycles. The van der Waals surface area contributed by atoms with Gasteiger partial charge in [-0.15, -0.1) is 0 Å². The average molecular weight is 750 g/mol. The summed E-state index contributed by atoms with van der Waals surface area (Å²) in [5.41, 5.74) is 0.285. The molecule has 53 heavy (non-hydrogen) atoms. The number of allylic oxidation sites excluding steroid dienone is 2. The van der Waals surface area contributed by atoms with Crippen molar-refractivity contribution in [3.63, 3.8) is 0 Å². The van der Waals surface area contributed by atoms with Crippen LogP contribution in [0.5, 0.6) is 11.5 Å². The second-order valence-electron chi connectivity index (χ2n) is 14.8. The fourth-order valence-electron chi connectivity index (χ4n) is 8.43. The number of halogens is 3. The van der Waals surface area contributed by atoms with Gasteiger partial charge in [-0.25, -0.2) is 4.79 Å². The molecule has 5 rings (SSSR count). The van der Waals surface area contributed by atoms with Crippen molar-refractivity contribution in [2.45, 2.75) is 158 Å². The van der Waals surface area contributed by atoms with Crippen molar-refractivity contribution in [3.05, 3.63) is 47.2 Å². The molecule has 1 fully saturated rings. The number of esters is 2. The number of unbranched alkanes of at least 4 members (excludes halogenated alkanes) is 11. The predicted molar refractivity (Wildman–Crippen MR) is 195 cm³/mol. The number of nitrogens with zero attached hydrogens (tertiary/aromatic N) is 1. The summed E-state index contributed by atoms with van der Waals surface area (Å²) in [4.78, 5) is 36.7. The highest BCUT2D eigenvalue weighted by Gasteiger charge is 2.72. The predicted octanol–water partition coefficient (Wildman–Crippen LogP) is 8.23. The quantitative estimate of drug-likeness (QED) is 0.0647. The van der Waals surface area contributed by atoms with E-state index < -0.39 is 41.7 Å². The number of aldehydes is 1. The minimum atomic E-state index is -4.64. The summed E-state index contributed by atoms with van der Waals surface area (Å²) in [6, 6.07) is 3.90. The smallest absolute Gasteiger partial charge is 0.446 e. The van der Waals surface area contributed by atoms with Gasteiger partial charge >= 0.3 is 18.1 Å². The van der Waals surface area contributed by atoms with Crippen LogP contribution in [0.2, 0.25) is 0 Å². The monoisotopic (exact) mass is 749 g/mol. The number of rotatable bonds is 19. The Labute approximate surface area is 312 Å². The van der Waals surface area contributed by atoms with Crippen molar-refractivity contribution in [3.8, 4) is 11.5 Å². The summed E-state index contributed by atoms with van der Waals surface area (Å²) in [5, 5.41) is 12.3. The Morgan fingerprint density at radius 1 is 1.04 bits per heavy atom. The van der Waals surface area contributed by atoms with Crippen LogP contribution in [0.1, 0.15) is 128 Å². The van der Waals surface area contributed by atoms with Gasteiger partial charge in [0.15, 0.2) is 23.7 Å². The number of likely N-dealkylation sites (tertiary alicyclic amines) is 1. The summed E-state index contributed by atoms with van der Waals surface area (Å²) in [6.45, 7) is 4.59. The molecule has 1 saturated heterocycles. The first-order valence-corrected chi connectivity index (χ1v) is 19.4. The van der Waals surface area contributed by atoms with Crippen LogP contribution in [0, 0.1) is 0 Å². The van der Waals surface area contributed by atoms with E-state index in [1.807, 2.05) is 6.07 Å². The van der Waals surface area contributed by atoms with E-state index in [9.17, 15) is 27.9 Å². The number of carbonyl (C=O) groups is 3. The van der Waals surface area contributed by atoms with Crippen LogP contribution in [-0.2, 0) is 35.7 Å². The number of hydrogen-bond donors (Lipinski definition) is 1. The maximum Gasteiger partial charge on any atom is 0.446 e. The van der Waals surface area contributed by atoms with Gasteiger partial charge in [-0.3, -0.25) is 9.59 Å². The number of aliphatic hydroxyl groups is 1. The van der Waals surface area contributed by atoms with Crippen LogP contribution in [0.3, 0.4) is 0 Å². The van der Waals surface area contributed by atoms with Gasteiger partial charge in [-0.2, -0.15) is 13.2 Å². The van der Waals surface area contributed by atoms with E-state index in [1.54, 1.807) is 20.1 Å². The number of carbonyl (C=O) groups excluding carboxylic acids is 3. The zero-order chi connectivity index (χ0) is 38.6. The molecule has 0 unspecified atom stereocenters. The summed E-state index contributed by atoms with van der Waals surface area (Å²) in [6.07, 6.45) is 16.5. The van der Waals surface area contributed by atoms with E-state index >= 15 is 0 Å². The minimum absolute atomic E-state index is 0.0841. The molecule has 2 bridgehead atoms. The van der Waals surface area contributed by atoms with Crippen molar-refractivity contribution in [1.82, 2.24) is 4.90 Å². The lowest BCUT2D eigenvalue weighted by atomic mass is 9.50. The van der Waals surface area contributed by atoms with Gasteiger partial charge in [0.05, 0.1) is 18.1 Å². The van der Waals surface area contributed by atoms with Gasteiger partial charge in [0.2, 0.25) is 6.29 Å². The molecule has 0 radical (unpaired) electrons. The van der Waals surface area contributed by atoms with Crippen molar-refractivity contribution in [1.29, 1.82) is 0 Å². The molecule has 296 valence electrons. The molecule has 12 heteroatoms. The van der Waals surface area contributed by atoms with Crippen molar-refractivity contribution < 1.29 is 51.6 Å². The Morgan fingerprint density at radius 3 is 2.28 bits per heavy atom. The fourth-order valence-corrected chi connectivity index (χ4v) is 8.43. The zero-order valence-electron chi connectivity index (χ0n) is 31.8. The normalized spacial score (nSPS) is 24.6. The highest BCUT2D eigenvalue weighted by molar-refractivity contribution is 5.80. The Bertz CT molecular complexity index is 1460. The summed E-state index contributed by atoms with van der Waals surface area (Å²) in [5.74, 6) is 0.579. The minimum Gasteiger partial charge on any atom is -0.493 e. The molecule has 2 heterocycles. The number of alkyl halides is 3. The van der Waals surface area contributed by atoms with Crippen molar-refractivity contribution in [2.24, 2.45) is 0 Å². The molecule has 1 spiro atoms. The van der Waals surface area contributed by atoms with Gasteiger partial charge in [-0.1, -0.05) is 76.5 Å². The van der Waals surface area contributed by atoms with Gasteiger partial charge in [0.25, 0.3) is 0 Å². The van der Waals surface area contributed by atoms with Gasteiger partial charge in [0.1, 0.15) is 5.76 Å². The maximum atomic E-state index is 13.2. The highest BCUT2D eigenvalue weighted by Crippen LogP contribution is 2.65. The van der Waals surface area contributed by atoms with E-state index in [4.69, 9.17) is 23.7 Å². The Kier molecular flexibility index (Phi) is 15.4. The summed E-state index contributed by atoms with van der Waals surface area (Å²) in [7, 11) is 3.67. The molecule has 0 amide bonds. The van der Waals surface area contributed by atoms with Crippen molar-refractivity contribution in [2.75, 3.05) is 20.7 Å². The Hall–Kier alpha value is -3.38. The number of benzene rings is 1. The van der Waals surface area contributed by atoms with Crippen LogP contribution in [0.25, 0.3) is 0 Å². The first-order chi connectivity index (χ1) is 25.3. The average Bonchev–Trinajstić information content (AvgIpc) is 3.48. The van der Waals surface area contributed by atoms with Crippen LogP contribution in [0.4, 0.5) is 13.2 Å². The lowest BCUT2D eigenvalue weighted by molar-refractivity contribution is -0.175. The lowest BCUT2D eigenvalue weighted by Crippen LogP contribution is -2.74. The highest BCUT2D eigenvalue weighted by atomic mass is 19.4. The molecule has 0 aromatic heterocycles. The number of likely N-dealkylation sites (N-methyl/N-ethyl adjacent to an activating group) is 1. The van der Waals surface area contributed by atoms with Crippen LogP contribution < -0.4 is 9.47 Å². The van der Waals surface area contributed by atoms with Crippen LogP contribution in [-0.4, -0.2) is 79.0 Å². The van der Waals surface area contributed by atoms with Gasteiger partial charge < -0.3 is 29.0 Å². The fraction of sp³-hybridized carbons (Fsp3) is 0.683.